The molecule has 0 spiro atoms. The van der Waals surface area contributed by atoms with E-state index in [1.165, 1.54) is 7.11 Å². The summed E-state index contributed by atoms with van der Waals surface area (Å²) in [7, 11) is 1.47. The van der Waals surface area contributed by atoms with E-state index >= 15 is 0 Å². The molecule has 1 aromatic carbocycles. The lowest BCUT2D eigenvalue weighted by Gasteiger charge is -2.12. The summed E-state index contributed by atoms with van der Waals surface area (Å²) in [5.41, 5.74) is 1.61. The molecule has 0 radical (unpaired) electrons. The van der Waals surface area contributed by atoms with E-state index in [1.807, 2.05) is 10.7 Å². The number of ether oxygens (including phenoxy) is 1. The van der Waals surface area contributed by atoms with Crippen LogP contribution < -0.4 is 10.1 Å². The number of nitrogens with one attached hydrogen (secondary N) is 1. The summed E-state index contributed by atoms with van der Waals surface area (Å²) in [5.74, 6) is 0.535. The van der Waals surface area contributed by atoms with Crippen LogP contribution in [0.25, 0.3) is 0 Å². The summed E-state index contributed by atoms with van der Waals surface area (Å²) in [5, 5.41) is 7.65. The maximum absolute atomic E-state index is 14.2. The molecule has 1 heterocycles. The second-order valence-corrected chi connectivity index (χ2v) is 5.44. The Morgan fingerprint density at radius 2 is 2.14 bits per heavy atom. The van der Waals surface area contributed by atoms with E-state index in [1.54, 1.807) is 24.4 Å². The number of aromatic nitrogens is 2. The van der Waals surface area contributed by atoms with Gasteiger partial charge in [0.2, 0.25) is 0 Å². The highest BCUT2D eigenvalue weighted by atomic mass is 19.1. The Hall–Kier alpha value is -1.88. The van der Waals surface area contributed by atoms with Crippen molar-refractivity contribution in [3.63, 3.8) is 0 Å². The molecule has 0 saturated carbocycles. The summed E-state index contributed by atoms with van der Waals surface area (Å²) < 4.78 is 21.0. The molecule has 0 amide bonds. The number of hydrogen-bond donors (Lipinski definition) is 1. The number of benzene rings is 1. The van der Waals surface area contributed by atoms with Gasteiger partial charge in [-0.15, -0.1) is 0 Å². The van der Waals surface area contributed by atoms with E-state index in [9.17, 15) is 4.39 Å². The summed E-state index contributed by atoms with van der Waals surface area (Å²) in [4.78, 5) is 0. The smallest absolute Gasteiger partial charge is 0.170 e. The number of nitrogens with zero attached hydrogens (tertiary/aromatic N) is 2. The topological polar surface area (TPSA) is 39.1 Å². The van der Waals surface area contributed by atoms with E-state index in [0.29, 0.717) is 18.0 Å². The largest absolute Gasteiger partial charge is 0.494 e. The molecule has 0 aliphatic rings. The summed E-state index contributed by atoms with van der Waals surface area (Å²) in [6, 6.07) is 7.11. The maximum atomic E-state index is 14.2. The zero-order valence-electron chi connectivity index (χ0n) is 12.8. The van der Waals surface area contributed by atoms with Crippen molar-refractivity contribution >= 4 is 0 Å². The SMILES string of the molecule is COc1cccc(Cn2nccc2CNCC(C)C)c1F. The van der Waals surface area contributed by atoms with Crippen molar-refractivity contribution < 1.29 is 9.13 Å². The molecule has 0 fully saturated rings. The van der Waals surface area contributed by atoms with Gasteiger partial charge in [-0.1, -0.05) is 26.0 Å². The number of halogens is 1. The van der Waals surface area contributed by atoms with Crippen molar-refractivity contribution in [1.82, 2.24) is 15.1 Å². The Balaban J connectivity index is 2.08. The van der Waals surface area contributed by atoms with Gasteiger partial charge < -0.3 is 10.1 Å². The molecule has 0 bridgehead atoms. The second-order valence-electron chi connectivity index (χ2n) is 5.44. The first-order valence-corrected chi connectivity index (χ1v) is 7.14. The lowest BCUT2D eigenvalue weighted by atomic mass is 10.2. The molecular formula is C16H22FN3O. The van der Waals surface area contributed by atoms with Crippen molar-refractivity contribution in [3.05, 3.63) is 47.5 Å². The van der Waals surface area contributed by atoms with Gasteiger partial charge in [0.15, 0.2) is 11.6 Å². The predicted molar refractivity (Wildman–Crippen MR) is 80.8 cm³/mol. The minimum absolute atomic E-state index is 0.263. The van der Waals surface area contributed by atoms with Crippen LogP contribution in [0.2, 0.25) is 0 Å². The van der Waals surface area contributed by atoms with Crippen LogP contribution in [-0.4, -0.2) is 23.4 Å². The fourth-order valence-electron chi connectivity index (χ4n) is 2.14. The van der Waals surface area contributed by atoms with Crippen molar-refractivity contribution in [1.29, 1.82) is 0 Å². The van der Waals surface area contributed by atoms with Gasteiger partial charge in [0.1, 0.15) is 0 Å². The first-order valence-electron chi connectivity index (χ1n) is 7.14. The van der Waals surface area contributed by atoms with Gasteiger partial charge in [-0.3, -0.25) is 4.68 Å². The summed E-state index contributed by atoms with van der Waals surface area (Å²) >= 11 is 0. The van der Waals surface area contributed by atoms with Crippen molar-refractivity contribution in [2.24, 2.45) is 5.92 Å². The molecule has 5 heteroatoms. The third kappa shape index (κ3) is 4.04. The minimum Gasteiger partial charge on any atom is -0.494 e. The molecule has 114 valence electrons. The third-order valence-electron chi connectivity index (χ3n) is 3.25. The maximum Gasteiger partial charge on any atom is 0.170 e. The molecule has 0 atom stereocenters. The molecule has 1 N–H and O–H groups in total. The Morgan fingerprint density at radius 3 is 2.86 bits per heavy atom. The van der Waals surface area contributed by atoms with Crippen molar-refractivity contribution in [2.75, 3.05) is 13.7 Å². The summed E-state index contributed by atoms with van der Waals surface area (Å²) in [6.07, 6.45) is 1.74. The molecule has 2 aromatic rings. The Kier molecular flexibility index (Phi) is 5.33. The van der Waals surface area contributed by atoms with Gasteiger partial charge in [-0.2, -0.15) is 5.10 Å². The average molecular weight is 291 g/mol. The Labute approximate surface area is 124 Å². The highest BCUT2D eigenvalue weighted by Gasteiger charge is 2.11. The van der Waals surface area contributed by atoms with Gasteiger partial charge in [0.25, 0.3) is 0 Å². The van der Waals surface area contributed by atoms with E-state index in [-0.39, 0.29) is 11.6 Å². The zero-order chi connectivity index (χ0) is 15.2. The van der Waals surface area contributed by atoms with Crippen LogP contribution in [0.4, 0.5) is 4.39 Å². The van der Waals surface area contributed by atoms with Crippen LogP contribution in [0.15, 0.2) is 30.5 Å². The fraction of sp³-hybridized carbons (Fsp3) is 0.438. The third-order valence-corrected chi connectivity index (χ3v) is 3.25. The van der Waals surface area contributed by atoms with Gasteiger partial charge in [0, 0.05) is 18.3 Å². The highest BCUT2D eigenvalue weighted by molar-refractivity contribution is 5.31. The van der Waals surface area contributed by atoms with Crippen LogP contribution in [0.5, 0.6) is 5.75 Å². The molecule has 0 aliphatic heterocycles. The minimum atomic E-state index is -0.323. The molecule has 0 aliphatic carbocycles. The van der Waals surface area contributed by atoms with Crippen LogP contribution in [0.3, 0.4) is 0 Å². The molecule has 0 saturated heterocycles. The molecule has 1 aromatic heterocycles. The quantitative estimate of drug-likeness (QED) is 0.852. The van der Waals surface area contributed by atoms with E-state index < -0.39 is 0 Å². The van der Waals surface area contributed by atoms with Crippen molar-refractivity contribution in [2.45, 2.75) is 26.9 Å². The van der Waals surface area contributed by atoms with Gasteiger partial charge >= 0.3 is 0 Å². The van der Waals surface area contributed by atoms with Crippen molar-refractivity contribution in [3.8, 4) is 5.75 Å². The van der Waals surface area contributed by atoms with E-state index in [2.05, 4.69) is 24.3 Å². The van der Waals surface area contributed by atoms with E-state index in [0.717, 1.165) is 18.8 Å². The monoisotopic (exact) mass is 291 g/mol. The zero-order valence-corrected chi connectivity index (χ0v) is 12.8. The molecular weight excluding hydrogens is 269 g/mol. The van der Waals surface area contributed by atoms with E-state index in [4.69, 9.17) is 4.74 Å². The number of hydrogen-bond acceptors (Lipinski definition) is 3. The first kappa shape index (κ1) is 15.5. The highest BCUT2D eigenvalue weighted by Crippen LogP contribution is 2.20. The van der Waals surface area contributed by atoms with Crippen LogP contribution >= 0.6 is 0 Å². The fourth-order valence-corrected chi connectivity index (χ4v) is 2.14. The van der Waals surface area contributed by atoms with Gasteiger partial charge in [-0.05, 0) is 24.6 Å². The van der Waals surface area contributed by atoms with Gasteiger partial charge in [-0.25, -0.2) is 4.39 Å². The van der Waals surface area contributed by atoms with Crippen LogP contribution in [0, 0.1) is 11.7 Å². The second kappa shape index (κ2) is 7.22. The van der Waals surface area contributed by atoms with Gasteiger partial charge in [0.05, 0.1) is 19.3 Å². The summed E-state index contributed by atoms with van der Waals surface area (Å²) in [6.45, 7) is 6.39. The van der Waals surface area contributed by atoms with Crippen LogP contribution in [0.1, 0.15) is 25.1 Å². The molecule has 4 nitrogen and oxygen atoms in total. The first-order chi connectivity index (χ1) is 10.1. The standard InChI is InChI=1S/C16H22FN3O/c1-12(2)9-18-10-14-7-8-19-20(14)11-13-5-4-6-15(21-3)16(13)17/h4-8,12,18H,9-11H2,1-3H3. The molecule has 21 heavy (non-hydrogen) atoms. The lowest BCUT2D eigenvalue weighted by molar-refractivity contribution is 0.383. The van der Waals surface area contributed by atoms with Crippen LogP contribution in [-0.2, 0) is 13.1 Å². The number of rotatable bonds is 7. The lowest BCUT2D eigenvalue weighted by Crippen LogP contribution is -2.21. The average Bonchev–Trinajstić information content (AvgIpc) is 2.88. The predicted octanol–water partition coefficient (Wildman–Crippen LogP) is 2.82. The molecule has 0 unspecified atom stereocenters. The Morgan fingerprint density at radius 1 is 1.33 bits per heavy atom. The molecule has 2 rings (SSSR count). The normalized spacial score (nSPS) is 11.1. The Bertz CT molecular complexity index is 581. The number of methoxy groups -OCH3 is 1.